The molecule has 3 rings (SSSR count). The van der Waals surface area contributed by atoms with E-state index in [1.54, 1.807) is 0 Å². The number of amides is 1. The molecule has 1 aromatic rings. The van der Waals surface area contributed by atoms with E-state index in [9.17, 15) is 9.59 Å². The van der Waals surface area contributed by atoms with E-state index in [1.165, 1.54) is 6.20 Å². The maximum atomic E-state index is 12.2. The van der Waals surface area contributed by atoms with Crippen LogP contribution in [-0.4, -0.2) is 41.3 Å². The summed E-state index contributed by atoms with van der Waals surface area (Å²) in [6, 6.07) is 0. The van der Waals surface area contributed by atoms with E-state index >= 15 is 0 Å². The normalized spacial score (nSPS) is 18.5. The van der Waals surface area contributed by atoms with Crippen LogP contribution in [0.15, 0.2) is 21.2 Å². The largest absolute Gasteiger partial charge is 0.381 e. The molecule has 3 heterocycles. The highest BCUT2D eigenvalue weighted by molar-refractivity contribution is 5.93. The summed E-state index contributed by atoms with van der Waals surface area (Å²) in [7, 11) is 0. The Kier molecular flexibility index (Phi) is 5.24. The van der Waals surface area contributed by atoms with Crippen molar-refractivity contribution >= 4 is 5.91 Å². The van der Waals surface area contributed by atoms with Crippen LogP contribution in [0, 0.1) is 12.3 Å². The minimum absolute atomic E-state index is 0.0122. The number of carbonyl (C=O) groups is 1. The second-order valence-corrected chi connectivity index (χ2v) is 6.29. The maximum absolute atomic E-state index is 12.2. The molecule has 2 aliphatic rings. The summed E-state index contributed by atoms with van der Waals surface area (Å²) in [5, 5.41) is 10.7. The highest BCUT2D eigenvalue weighted by Gasteiger charge is 2.38. The van der Waals surface area contributed by atoms with Gasteiger partial charge in [0.15, 0.2) is 5.66 Å². The van der Waals surface area contributed by atoms with Crippen molar-refractivity contribution in [3.05, 3.63) is 27.9 Å². The van der Waals surface area contributed by atoms with Gasteiger partial charge in [-0.25, -0.2) is 4.98 Å². The van der Waals surface area contributed by atoms with Crippen LogP contribution in [0.2, 0.25) is 0 Å². The summed E-state index contributed by atoms with van der Waals surface area (Å²) >= 11 is 0. The first-order chi connectivity index (χ1) is 12.1. The first kappa shape index (κ1) is 17.3. The van der Waals surface area contributed by atoms with Crippen molar-refractivity contribution in [3.63, 3.8) is 0 Å². The van der Waals surface area contributed by atoms with Gasteiger partial charge in [0.1, 0.15) is 11.4 Å². The first-order valence-corrected chi connectivity index (χ1v) is 8.46. The first-order valence-electron chi connectivity index (χ1n) is 8.46. The number of ether oxygens (including phenoxy) is 1. The summed E-state index contributed by atoms with van der Waals surface area (Å²) in [6.45, 7) is 1.69. The van der Waals surface area contributed by atoms with Gasteiger partial charge in [-0.1, -0.05) is 0 Å². The number of rotatable bonds is 7. The van der Waals surface area contributed by atoms with Gasteiger partial charge in [-0.3, -0.25) is 9.59 Å². The third kappa shape index (κ3) is 4.31. The molecule has 1 fully saturated rings. The van der Waals surface area contributed by atoms with Gasteiger partial charge in [-0.2, -0.15) is 10.2 Å². The van der Waals surface area contributed by atoms with E-state index in [0.717, 1.165) is 12.8 Å². The molecule has 0 saturated carbocycles. The molecule has 0 radical (unpaired) electrons. The molecule has 1 aromatic heterocycles. The minimum Gasteiger partial charge on any atom is -0.381 e. The van der Waals surface area contributed by atoms with E-state index in [0.29, 0.717) is 44.8 Å². The Bertz CT molecular complexity index is 752. The molecule has 0 spiro atoms. The van der Waals surface area contributed by atoms with Crippen LogP contribution in [0.1, 0.15) is 54.2 Å². The Hall–Kier alpha value is -2.53. The number of nitrogens with one attached hydrogen (secondary N) is 2. The molecule has 1 saturated heterocycles. The second kappa shape index (κ2) is 7.57. The quantitative estimate of drug-likeness (QED) is 0.729. The van der Waals surface area contributed by atoms with Gasteiger partial charge in [-0.05, 0) is 12.8 Å². The van der Waals surface area contributed by atoms with Gasteiger partial charge in [0.2, 0.25) is 0 Å². The average molecular weight is 343 g/mol. The van der Waals surface area contributed by atoms with E-state index in [-0.39, 0.29) is 11.5 Å². The minimum atomic E-state index is -0.447. The molecule has 25 heavy (non-hydrogen) atoms. The predicted molar refractivity (Wildman–Crippen MR) is 90.3 cm³/mol. The van der Waals surface area contributed by atoms with E-state index < -0.39 is 17.1 Å². The third-order valence-electron chi connectivity index (χ3n) is 4.54. The molecule has 1 amide bonds. The zero-order chi connectivity index (χ0) is 17.7. The van der Waals surface area contributed by atoms with Crippen LogP contribution < -0.4 is 10.9 Å². The van der Waals surface area contributed by atoms with Gasteiger partial charge < -0.3 is 15.0 Å². The van der Waals surface area contributed by atoms with E-state index in [2.05, 4.69) is 31.4 Å². The Morgan fingerprint density at radius 3 is 2.80 bits per heavy atom. The van der Waals surface area contributed by atoms with Gasteiger partial charge in [0, 0.05) is 51.1 Å². The van der Waals surface area contributed by atoms with Gasteiger partial charge in [-0.15, -0.1) is 12.3 Å². The zero-order valence-electron chi connectivity index (χ0n) is 14.0. The zero-order valence-corrected chi connectivity index (χ0v) is 14.0. The summed E-state index contributed by atoms with van der Waals surface area (Å²) in [6.07, 6.45) is 10.1. The van der Waals surface area contributed by atoms with Crippen molar-refractivity contribution in [1.29, 1.82) is 0 Å². The van der Waals surface area contributed by atoms with Crippen molar-refractivity contribution in [1.82, 2.24) is 15.3 Å². The second-order valence-electron chi connectivity index (χ2n) is 6.29. The number of terminal acetylenes is 1. The van der Waals surface area contributed by atoms with E-state index in [4.69, 9.17) is 11.2 Å². The topological polar surface area (TPSA) is 109 Å². The number of hydrogen-bond acceptors (Lipinski definition) is 6. The molecule has 8 heteroatoms. The van der Waals surface area contributed by atoms with Crippen molar-refractivity contribution in [2.24, 2.45) is 10.2 Å². The molecule has 0 atom stereocenters. The predicted octanol–water partition coefficient (Wildman–Crippen LogP) is 1.36. The molecule has 0 aromatic carbocycles. The number of carbonyl (C=O) groups excluding carboxylic acids is 1. The van der Waals surface area contributed by atoms with Gasteiger partial charge in [0.25, 0.3) is 11.5 Å². The summed E-state index contributed by atoms with van der Waals surface area (Å²) in [5.41, 5.74) is -0.855. The van der Waals surface area contributed by atoms with Crippen LogP contribution in [-0.2, 0) is 4.74 Å². The lowest BCUT2D eigenvalue weighted by Crippen LogP contribution is -2.33. The lowest BCUT2D eigenvalue weighted by molar-refractivity contribution is 0.0834. The van der Waals surface area contributed by atoms with Gasteiger partial charge in [0.05, 0.1) is 0 Å². The van der Waals surface area contributed by atoms with E-state index in [1.807, 2.05) is 0 Å². The fourth-order valence-corrected chi connectivity index (χ4v) is 2.89. The van der Waals surface area contributed by atoms with Crippen molar-refractivity contribution in [2.45, 2.75) is 43.7 Å². The Morgan fingerprint density at radius 2 is 2.16 bits per heavy atom. The molecule has 0 unspecified atom stereocenters. The highest BCUT2D eigenvalue weighted by Crippen LogP contribution is 2.36. The molecule has 2 aliphatic heterocycles. The summed E-state index contributed by atoms with van der Waals surface area (Å²) in [4.78, 5) is 31.4. The van der Waals surface area contributed by atoms with Crippen LogP contribution in [0.25, 0.3) is 0 Å². The Morgan fingerprint density at radius 1 is 1.40 bits per heavy atom. The number of nitrogens with zero attached hydrogens (tertiary/aromatic N) is 3. The Labute approximate surface area is 145 Å². The van der Waals surface area contributed by atoms with Gasteiger partial charge >= 0.3 is 0 Å². The summed E-state index contributed by atoms with van der Waals surface area (Å²) < 4.78 is 5.30. The summed E-state index contributed by atoms with van der Waals surface area (Å²) in [5.74, 6) is 2.91. The van der Waals surface area contributed by atoms with Crippen LogP contribution in [0.4, 0.5) is 0 Å². The van der Waals surface area contributed by atoms with Crippen molar-refractivity contribution in [3.8, 4) is 12.3 Å². The molecule has 8 nitrogen and oxygen atoms in total. The highest BCUT2D eigenvalue weighted by atomic mass is 16.5. The fourth-order valence-electron chi connectivity index (χ4n) is 2.89. The molecule has 132 valence electrons. The standard InChI is InChI=1S/C17H21N5O3/c1-2-3-6-17(21-22-17)7-8-18-15(23)13-11-19-14(20-16(13)24)12-4-9-25-10-5-12/h1,11-12H,3-10H2,(H,18,23)(H,19,20,24). The molecule has 2 N–H and O–H groups in total. The smallest absolute Gasteiger partial charge is 0.263 e. The maximum Gasteiger partial charge on any atom is 0.263 e. The lowest BCUT2D eigenvalue weighted by atomic mass is 9.99. The van der Waals surface area contributed by atoms with Crippen molar-refractivity contribution in [2.75, 3.05) is 19.8 Å². The lowest BCUT2D eigenvalue weighted by Gasteiger charge is -2.20. The SMILES string of the molecule is C#CCCC1(CCNC(=O)c2cnc(C3CCOCC3)[nH]c2=O)N=N1. The van der Waals surface area contributed by atoms with Crippen LogP contribution in [0.5, 0.6) is 0 Å². The van der Waals surface area contributed by atoms with Crippen molar-refractivity contribution < 1.29 is 9.53 Å². The number of aromatic nitrogens is 2. The number of aromatic amines is 1. The molecule has 0 bridgehead atoms. The Balaban J connectivity index is 1.53. The van der Waals surface area contributed by atoms with Crippen LogP contribution in [0.3, 0.4) is 0 Å². The number of hydrogen-bond donors (Lipinski definition) is 2. The third-order valence-corrected chi connectivity index (χ3v) is 4.54. The number of H-pyrrole nitrogens is 1. The fraction of sp³-hybridized carbons (Fsp3) is 0.588. The average Bonchev–Trinajstić information content (AvgIpc) is 3.40. The monoisotopic (exact) mass is 343 g/mol. The molecular weight excluding hydrogens is 322 g/mol. The molecule has 0 aliphatic carbocycles. The van der Waals surface area contributed by atoms with Crippen LogP contribution >= 0.6 is 0 Å². The molecular formula is C17H21N5O3.